The highest BCUT2D eigenvalue weighted by Gasteiger charge is 2.07. The molecule has 0 amide bonds. The first kappa shape index (κ1) is 11.3. The molecule has 2 rings (SSSR count). The van der Waals surface area contributed by atoms with E-state index in [0.29, 0.717) is 5.25 Å². The zero-order valence-corrected chi connectivity index (χ0v) is 11.2. The van der Waals surface area contributed by atoms with Crippen molar-refractivity contribution in [3.8, 4) is 0 Å². The largest absolute Gasteiger partial charge is 0.154 e. The van der Waals surface area contributed by atoms with Crippen LogP contribution in [0.4, 0.5) is 0 Å². The van der Waals surface area contributed by atoms with Gasteiger partial charge in [-0.3, -0.25) is 0 Å². The third-order valence-corrected chi connectivity index (χ3v) is 4.85. The maximum absolute atomic E-state index is 6.14. The molecular weight excluding hydrogens is 244 g/mol. The summed E-state index contributed by atoms with van der Waals surface area (Å²) in [7, 11) is 0. The van der Waals surface area contributed by atoms with Gasteiger partial charge in [0.1, 0.15) is 0 Å². The first-order valence-electron chi connectivity index (χ1n) is 4.94. The van der Waals surface area contributed by atoms with Crippen molar-refractivity contribution in [3.05, 3.63) is 34.2 Å². The fourth-order valence-corrected chi connectivity index (χ4v) is 3.59. The van der Waals surface area contributed by atoms with E-state index in [0.717, 1.165) is 10.8 Å². The van der Waals surface area contributed by atoms with Crippen LogP contribution in [0.3, 0.4) is 0 Å². The number of halogens is 1. The molecule has 0 saturated heterocycles. The number of hydrogen-bond acceptors (Lipinski definition) is 2. The first-order chi connectivity index (χ1) is 7.18. The van der Waals surface area contributed by atoms with Gasteiger partial charge in [-0.2, -0.15) is 11.8 Å². The Kier molecular flexibility index (Phi) is 3.60. The van der Waals surface area contributed by atoms with Gasteiger partial charge in [-0.15, -0.1) is 11.3 Å². The first-order valence-corrected chi connectivity index (χ1v) is 7.25. The van der Waals surface area contributed by atoms with Crippen molar-refractivity contribution in [2.75, 3.05) is 0 Å². The summed E-state index contributed by atoms with van der Waals surface area (Å²) >= 11 is 9.86. The highest BCUT2D eigenvalue weighted by atomic mass is 35.5. The summed E-state index contributed by atoms with van der Waals surface area (Å²) in [5.74, 6) is 1.08. The van der Waals surface area contributed by atoms with E-state index in [9.17, 15) is 0 Å². The number of rotatable bonds is 3. The number of thiophene rings is 1. The molecule has 0 nitrogen and oxygen atoms in total. The SMILES string of the molecule is CC(C)SCc1csc2c(Cl)cccc12. The van der Waals surface area contributed by atoms with Crippen molar-refractivity contribution < 1.29 is 0 Å². The van der Waals surface area contributed by atoms with Crippen LogP contribution >= 0.6 is 34.7 Å². The van der Waals surface area contributed by atoms with Crippen LogP contribution in [0.1, 0.15) is 19.4 Å². The van der Waals surface area contributed by atoms with Crippen molar-refractivity contribution >= 4 is 44.8 Å². The zero-order chi connectivity index (χ0) is 10.8. The van der Waals surface area contributed by atoms with Gasteiger partial charge < -0.3 is 0 Å². The molecule has 0 N–H and O–H groups in total. The summed E-state index contributed by atoms with van der Waals surface area (Å²) < 4.78 is 1.22. The maximum Gasteiger partial charge on any atom is 0.0584 e. The predicted molar refractivity (Wildman–Crippen MR) is 73.3 cm³/mol. The van der Waals surface area contributed by atoms with Gasteiger partial charge in [-0.1, -0.05) is 37.6 Å². The molecule has 0 aliphatic carbocycles. The number of benzene rings is 1. The lowest BCUT2D eigenvalue weighted by molar-refractivity contribution is 1.11. The Labute approximate surface area is 104 Å². The molecule has 1 heterocycles. The van der Waals surface area contributed by atoms with Crippen LogP contribution in [-0.4, -0.2) is 5.25 Å². The number of thioether (sulfide) groups is 1. The molecule has 1 aromatic heterocycles. The van der Waals surface area contributed by atoms with E-state index in [1.54, 1.807) is 11.3 Å². The highest BCUT2D eigenvalue weighted by Crippen LogP contribution is 2.34. The maximum atomic E-state index is 6.14. The molecule has 0 spiro atoms. The molecule has 15 heavy (non-hydrogen) atoms. The Hall–Kier alpha value is -0.180. The minimum Gasteiger partial charge on any atom is -0.154 e. The second-order valence-corrected chi connectivity index (χ2v) is 6.59. The van der Waals surface area contributed by atoms with Crippen LogP contribution in [0.2, 0.25) is 5.02 Å². The van der Waals surface area contributed by atoms with E-state index in [4.69, 9.17) is 11.6 Å². The molecule has 1 aromatic carbocycles. The van der Waals surface area contributed by atoms with Crippen LogP contribution in [-0.2, 0) is 5.75 Å². The minimum atomic E-state index is 0.680. The third kappa shape index (κ3) is 2.49. The van der Waals surface area contributed by atoms with Crippen molar-refractivity contribution in [2.45, 2.75) is 24.9 Å². The second kappa shape index (κ2) is 4.77. The summed E-state index contributed by atoms with van der Waals surface area (Å²) in [6.07, 6.45) is 0. The summed E-state index contributed by atoms with van der Waals surface area (Å²) in [5.41, 5.74) is 1.41. The normalized spacial score (nSPS) is 11.5. The van der Waals surface area contributed by atoms with E-state index in [-0.39, 0.29) is 0 Å². The van der Waals surface area contributed by atoms with E-state index in [2.05, 4.69) is 25.3 Å². The fourth-order valence-electron chi connectivity index (χ4n) is 1.44. The van der Waals surface area contributed by atoms with Gasteiger partial charge in [-0.25, -0.2) is 0 Å². The molecule has 0 unspecified atom stereocenters. The fraction of sp³-hybridized carbons (Fsp3) is 0.333. The van der Waals surface area contributed by atoms with Crippen LogP contribution < -0.4 is 0 Å². The summed E-state index contributed by atoms with van der Waals surface area (Å²) in [6.45, 7) is 4.46. The molecule has 0 bridgehead atoms. The van der Waals surface area contributed by atoms with Gasteiger partial charge in [0, 0.05) is 5.75 Å². The van der Waals surface area contributed by atoms with E-state index < -0.39 is 0 Å². The number of hydrogen-bond donors (Lipinski definition) is 0. The minimum absolute atomic E-state index is 0.680. The molecule has 80 valence electrons. The third-order valence-electron chi connectivity index (χ3n) is 2.20. The van der Waals surface area contributed by atoms with Crippen LogP contribution in [0.15, 0.2) is 23.6 Å². The van der Waals surface area contributed by atoms with Gasteiger partial charge in [-0.05, 0) is 27.6 Å². The highest BCUT2D eigenvalue weighted by molar-refractivity contribution is 7.99. The van der Waals surface area contributed by atoms with Crippen LogP contribution in [0, 0.1) is 0 Å². The van der Waals surface area contributed by atoms with Crippen molar-refractivity contribution in [3.63, 3.8) is 0 Å². The molecule has 0 radical (unpaired) electrons. The summed E-state index contributed by atoms with van der Waals surface area (Å²) in [4.78, 5) is 0. The Morgan fingerprint density at radius 1 is 1.40 bits per heavy atom. The Morgan fingerprint density at radius 3 is 2.93 bits per heavy atom. The van der Waals surface area contributed by atoms with Crippen molar-refractivity contribution in [1.29, 1.82) is 0 Å². The molecule has 0 saturated carbocycles. The Balaban J connectivity index is 2.33. The van der Waals surface area contributed by atoms with Gasteiger partial charge in [0.05, 0.1) is 9.72 Å². The van der Waals surface area contributed by atoms with E-state index >= 15 is 0 Å². The molecule has 0 aliphatic rings. The average Bonchev–Trinajstić information content (AvgIpc) is 2.59. The molecule has 2 aromatic rings. The molecular formula is C12H13ClS2. The number of fused-ring (bicyclic) bond motifs is 1. The van der Waals surface area contributed by atoms with Gasteiger partial charge in [0.15, 0.2) is 0 Å². The van der Waals surface area contributed by atoms with Gasteiger partial charge >= 0.3 is 0 Å². The van der Waals surface area contributed by atoms with Gasteiger partial charge in [0.25, 0.3) is 0 Å². The second-order valence-electron chi connectivity index (χ2n) is 3.74. The molecule has 3 heteroatoms. The molecule has 0 fully saturated rings. The Morgan fingerprint density at radius 2 is 2.20 bits per heavy atom. The monoisotopic (exact) mass is 256 g/mol. The Bertz CT molecular complexity index is 460. The summed E-state index contributed by atoms with van der Waals surface area (Å²) in [5, 5.41) is 5.10. The topological polar surface area (TPSA) is 0 Å². The van der Waals surface area contributed by atoms with Crippen LogP contribution in [0.5, 0.6) is 0 Å². The molecule has 0 aliphatic heterocycles. The predicted octanol–water partition coefficient (Wildman–Crippen LogP) is 5.20. The lowest BCUT2D eigenvalue weighted by Gasteiger charge is -2.03. The molecule has 0 atom stereocenters. The standard InChI is InChI=1S/C12H13ClS2/c1-8(2)14-6-9-7-15-12-10(9)4-3-5-11(12)13/h3-5,7-8H,6H2,1-2H3. The average molecular weight is 257 g/mol. The summed E-state index contributed by atoms with van der Waals surface area (Å²) in [6, 6.07) is 6.15. The van der Waals surface area contributed by atoms with E-state index in [1.807, 2.05) is 23.9 Å². The van der Waals surface area contributed by atoms with Crippen molar-refractivity contribution in [2.24, 2.45) is 0 Å². The lowest BCUT2D eigenvalue weighted by atomic mass is 10.2. The lowest BCUT2D eigenvalue weighted by Crippen LogP contribution is -1.87. The zero-order valence-electron chi connectivity index (χ0n) is 8.79. The van der Waals surface area contributed by atoms with Gasteiger partial charge in [0.2, 0.25) is 0 Å². The van der Waals surface area contributed by atoms with Crippen molar-refractivity contribution in [1.82, 2.24) is 0 Å². The van der Waals surface area contributed by atoms with E-state index in [1.165, 1.54) is 15.6 Å². The van der Waals surface area contributed by atoms with Crippen LogP contribution in [0.25, 0.3) is 10.1 Å². The smallest absolute Gasteiger partial charge is 0.0584 e. The quantitative estimate of drug-likeness (QED) is 0.728.